The molecule has 1 heterocycles. The number of carbonyl (C=O) groups excluding carboxylic acids is 2. The van der Waals surface area contributed by atoms with Crippen molar-refractivity contribution >= 4 is 12.1 Å². The zero-order valence-electron chi connectivity index (χ0n) is 16.6. The van der Waals surface area contributed by atoms with Crippen molar-refractivity contribution in [1.29, 1.82) is 0 Å². The first-order valence-electron chi connectivity index (χ1n) is 9.53. The van der Waals surface area contributed by atoms with Gasteiger partial charge in [0.2, 0.25) is 0 Å². The second-order valence-electron chi connectivity index (χ2n) is 6.62. The van der Waals surface area contributed by atoms with Crippen molar-refractivity contribution in [1.82, 2.24) is 4.90 Å². The maximum atomic E-state index is 12.4. The highest BCUT2D eigenvalue weighted by molar-refractivity contribution is 5.89. The summed E-state index contributed by atoms with van der Waals surface area (Å²) in [4.78, 5) is 25.9. The monoisotopic (exact) mass is 399 g/mol. The highest BCUT2D eigenvalue weighted by Gasteiger charge is 2.38. The molecule has 29 heavy (non-hydrogen) atoms. The lowest BCUT2D eigenvalue weighted by atomic mass is 10.2. The molecule has 0 bridgehead atoms. The van der Waals surface area contributed by atoms with Gasteiger partial charge < -0.3 is 23.8 Å². The predicted octanol–water partition coefficient (Wildman–Crippen LogP) is 3.28. The number of ether oxygens (including phenoxy) is 4. The fourth-order valence-corrected chi connectivity index (χ4v) is 3.13. The first-order valence-corrected chi connectivity index (χ1v) is 9.53. The van der Waals surface area contributed by atoms with Gasteiger partial charge in [-0.25, -0.2) is 9.59 Å². The van der Waals surface area contributed by atoms with E-state index in [0.29, 0.717) is 31.0 Å². The Hall–Kier alpha value is -3.06. The van der Waals surface area contributed by atoms with Crippen molar-refractivity contribution in [3.8, 4) is 5.75 Å². The Labute approximate surface area is 170 Å². The molecule has 0 spiro atoms. The molecule has 1 fully saturated rings. The second-order valence-corrected chi connectivity index (χ2v) is 6.62. The van der Waals surface area contributed by atoms with Crippen molar-refractivity contribution in [2.24, 2.45) is 0 Å². The van der Waals surface area contributed by atoms with Gasteiger partial charge in [0.25, 0.3) is 0 Å². The van der Waals surface area contributed by atoms with E-state index in [1.54, 1.807) is 43.2 Å². The van der Waals surface area contributed by atoms with Crippen LogP contribution in [0.3, 0.4) is 0 Å². The maximum Gasteiger partial charge on any atom is 0.410 e. The Morgan fingerprint density at radius 1 is 1.00 bits per heavy atom. The SMILES string of the molecule is CCOC(=O)c1cccc(O[C@H]2CN(C(=O)OCc3ccccc3)C[C@@H]2OC)c1. The molecule has 1 aliphatic heterocycles. The highest BCUT2D eigenvalue weighted by Crippen LogP contribution is 2.22. The molecule has 0 saturated carbocycles. The van der Waals surface area contributed by atoms with Crippen molar-refractivity contribution in [2.75, 3.05) is 26.8 Å². The number of rotatable bonds is 7. The normalized spacial score (nSPS) is 18.3. The van der Waals surface area contributed by atoms with E-state index in [9.17, 15) is 9.59 Å². The van der Waals surface area contributed by atoms with Crippen LogP contribution in [0, 0.1) is 0 Å². The number of hydrogen-bond acceptors (Lipinski definition) is 6. The van der Waals surface area contributed by atoms with E-state index in [1.165, 1.54) is 0 Å². The molecule has 154 valence electrons. The number of nitrogens with zero attached hydrogens (tertiary/aromatic N) is 1. The number of likely N-dealkylation sites (tertiary alicyclic amines) is 1. The van der Waals surface area contributed by atoms with Crippen molar-refractivity contribution in [3.05, 3.63) is 65.7 Å². The smallest absolute Gasteiger partial charge is 0.410 e. The quantitative estimate of drug-likeness (QED) is 0.665. The molecule has 0 N–H and O–H groups in total. The van der Waals surface area contributed by atoms with Crippen LogP contribution >= 0.6 is 0 Å². The molecule has 2 aromatic rings. The Morgan fingerprint density at radius 2 is 1.76 bits per heavy atom. The maximum absolute atomic E-state index is 12.4. The van der Waals surface area contributed by atoms with Gasteiger partial charge in [0, 0.05) is 7.11 Å². The highest BCUT2D eigenvalue weighted by atomic mass is 16.6. The van der Waals surface area contributed by atoms with Crippen LogP contribution in [0.1, 0.15) is 22.8 Å². The van der Waals surface area contributed by atoms with Gasteiger partial charge in [-0.1, -0.05) is 36.4 Å². The molecule has 0 aliphatic carbocycles. The second kappa shape index (κ2) is 9.93. The van der Waals surface area contributed by atoms with Crippen molar-refractivity contribution in [3.63, 3.8) is 0 Å². The third-order valence-electron chi connectivity index (χ3n) is 4.61. The van der Waals surface area contributed by atoms with Gasteiger partial charge in [0.15, 0.2) is 0 Å². The standard InChI is InChI=1S/C22H25NO6/c1-3-27-21(24)17-10-7-11-18(12-17)29-20-14-23(13-19(20)26-2)22(25)28-15-16-8-5-4-6-9-16/h4-12,19-20H,3,13-15H2,1-2H3/t19-,20-/m0/s1. The van der Waals surface area contributed by atoms with Crippen LogP contribution in [0.15, 0.2) is 54.6 Å². The van der Waals surface area contributed by atoms with Crippen LogP contribution in [0.2, 0.25) is 0 Å². The first-order chi connectivity index (χ1) is 14.1. The summed E-state index contributed by atoms with van der Waals surface area (Å²) in [6, 6.07) is 16.3. The summed E-state index contributed by atoms with van der Waals surface area (Å²) in [6.45, 7) is 2.97. The molecule has 3 rings (SSSR count). The van der Waals surface area contributed by atoms with Gasteiger partial charge in [-0.3, -0.25) is 0 Å². The van der Waals surface area contributed by atoms with Gasteiger partial charge in [0.05, 0.1) is 25.3 Å². The summed E-state index contributed by atoms with van der Waals surface area (Å²) < 4.78 is 21.9. The molecule has 0 radical (unpaired) electrons. The fourth-order valence-electron chi connectivity index (χ4n) is 3.13. The topological polar surface area (TPSA) is 74.3 Å². The average molecular weight is 399 g/mol. The summed E-state index contributed by atoms with van der Waals surface area (Å²) in [5, 5.41) is 0. The van der Waals surface area contributed by atoms with Crippen LogP contribution in [-0.2, 0) is 20.8 Å². The lowest BCUT2D eigenvalue weighted by Crippen LogP contribution is -2.32. The van der Waals surface area contributed by atoms with E-state index in [4.69, 9.17) is 18.9 Å². The summed E-state index contributed by atoms with van der Waals surface area (Å²) >= 11 is 0. The van der Waals surface area contributed by atoms with E-state index >= 15 is 0 Å². The van der Waals surface area contributed by atoms with Crippen LogP contribution in [0.5, 0.6) is 5.75 Å². The lowest BCUT2D eigenvalue weighted by molar-refractivity contribution is 0.0337. The number of amides is 1. The van der Waals surface area contributed by atoms with Gasteiger partial charge in [-0.15, -0.1) is 0 Å². The summed E-state index contributed by atoms with van der Waals surface area (Å²) in [6.07, 6.45) is -1.09. The number of benzene rings is 2. The number of hydrogen-bond donors (Lipinski definition) is 0. The van der Waals surface area contributed by atoms with Crippen molar-refractivity contribution < 1.29 is 28.5 Å². The summed E-state index contributed by atoms with van der Waals surface area (Å²) in [7, 11) is 1.58. The number of carbonyl (C=O) groups is 2. The van der Waals surface area contributed by atoms with Crippen LogP contribution in [0.25, 0.3) is 0 Å². The molecule has 0 unspecified atom stereocenters. The molecule has 1 amide bonds. The van der Waals surface area contributed by atoms with Gasteiger partial charge >= 0.3 is 12.1 Å². The Balaban J connectivity index is 1.59. The Morgan fingerprint density at radius 3 is 2.48 bits per heavy atom. The minimum atomic E-state index is -0.415. The molecule has 2 atom stereocenters. The Kier molecular flexibility index (Phi) is 7.08. The van der Waals surface area contributed by atoms with E-state index < -0.39 is 12.1 Å². The molecule has 1 saturated heterocycles. The fraction of sp³-hybridized carbons (Fsp3) is 0.364. The van der Waals surface area contributed by atoms with Crippen LogP contribution < -0.4 is 4.74 Å². The molecule has 0 aromatic heterocycles. The summed E-state index contributed by atoms with van der Waals surface area (Å²) in [5.74, 6) is 0.112. The molecule has 2 aromatic carbocycles. The largest absolute Gasteiger partial charge is 0.486 e. The third kappa shape index (κ3) is 5.48. The molecular weight excluding hydrogens is 374 g/mol. The zero-order chi connectivity index (χ0) is 20.6. The molecular formula is C22H25NO6. The van der Waals surface area contributed by atoms with E-state index in [0.717, 1.165) is 5.56 Å². The predicted molar refractivity (Wildman–Crippen MR) is 106 cm³/mol. The summed E-state index contributed by atoms with van der Waals surface area (Å²) in [5.41, 5.74) is 1.34. The van der Waals surface area contributed by atoms with E-state index in [-0.39, 0.29) is 18.8 Å². The molecule has 1 aliphatic rings. The number of methoxy groups -OCH3 is 1. The zero-order valence-corrected chi connectivity index (χ0v) is 16.6. The minimum absolute atomic E-state index is 0.209. The molecule has 7 heteroatoms. The van der Waals surface area contributed by atoms with Gasteiger partial charge in [-0.05, 0) is 30.7 Å². The number of esters is 1. The molecule has 7 nitrogen and oxygen atoms in total. The minimum Gasteiger partial charge on any atom is -0.486 e. The van der Waals surface area contributed by atoms with Crippen LogP contribution in [0.4, 0.5) is 4.79 Å². The average Bonchev–Trinajstić information content (AvgIpc) is 3.16. The van der Waals surface area contributed by atoms with Gasteiger partial charge in [0.1, 0.15) is 24.6 Å². The van der Waals surface area contributed by atoms with Gasteiger partial charge in [-0.2, -0.15) is 0 Å². The van der Waals surface area contributed by atoms with E-state index in [1.807, 2.05) is 30.3 Å². The van der Waals surface area contributed by atoms with Crippen molar-refractivity contribution in [2.45, 2.75) is 25.7 Å². The van der Waals surface area contributed by atoms with Crippen LogP contribution in [-0.4, -0.2) is 56.0 Å². The third-order valence-corrected chi connectivity index (χ3v) is 4.61. The Bertz CT molecular complexity index is 825. The van der Waals surface area contributed by atoms with E-state index in [2.05, 4.69) is 0 Å². The lowest BCUT2D eigenvalue weighted by Gasteiger charge is -2.19. The first kappa shape index (κ1) is 20.7.